The Morgan fingerprint density at radius 3 is 2.70 bits per heavy atom. The Morgan fingerprint density at radius 1 is 0.977 bits per heavy atom. The normalized spacial score (nSPS) is 43.0. The first-order valence-electron chi connectivity index (χ1n) is 17.1. The molecule has 5 heteroatoms. The van der Waals surface area contributed by atoms with Crippen molar-refractivity contribution in [1.29, 1.82) is 0 Å². The lowest BCUT2D eigenvalue weighted by Crippen LogP contribution is -2.51. The summed E-state index contributed by atoms with van der Waals surface area (Å²) in [7, 11) is 0. The fraction of sp³-hybridized carbons (Fsp3) is 0.605. The molecular weight excluding hydrogens is 548 g/mol. The van der Waals surface area contributed by atoms with Crippen molar-refractivity contribution in [3.8, 4) is 0 Å². The molecule has 2 saturated carbocycles. The van der Waals surface area contributed by atoms with Crippen LogP contribution in [-0.2, 0) is 15.9 Å². The topological polar surface area (TPSA) is 43.4 Å². The molecule has 10 atom stereocenters. The third-order valence-corrected chi connectivity index (χ3v) is 14.6. The van der Waals surface area contributed by atoms with Crippen LogP contribution in [-0.4, -0.2) is 23.5 Å². The van der Waals surface area contributed by atoms with E-state index >= 15 is 0 Å². The summed E-state index contributed by atoms with van der Waals surface area (Å²) in [6.07, 6.45) is 12.8. The third kappa shape index (κ3) is 3.77. The summed E-state index contributed by atoms with van der Waals surface area (Å²) in [4.78, 5) is 6.63. The molecule has 4 aliphatic carbocycles. The van der Waals surface area contributed by atoms with Crippen LogP contribution in [0.5, 0.6) is 0 Å². The second kappa shape index (κ2) is 9.40. The number of allylic oxidation sites excluding steroid dienone is 2. The number of benzene rings is 2. The molecule has 0 unspecified atom stereocenters. The molecule has 2 aromatic carbocycles. The van der Waals surface area contributed by atoms with E-state index in [1.807, 2.05) is 11.3 Å². The highest BCUT2D eigenvalue weighted by atomic mass is 32.1. The molecule has 9 rings (SSSR count). The molecular formula is C38H46N2O2S. The Labute approximate surface area is 260 Å². The maximum Gasteiger partial charge on any atom is 0.187 e. The summed E-state index contributed by atoms with van der Waals surface area (Å²) in [5.74, 6) is 3.73. The summed E-state index contributed by atoms with van der Waals surface area (Å²) in [6.45, 7) is 10.9. The average molecular weight is 595 g/mol. The molecule has 0 amide bonds. The molecule has 2 saturated heterocycles. The highest BCUT2D eigenvalue weighted by Crippen LogP contribution is 2.71. The first-order chi connectivity index (χ1) is 20.8. The maximum absolute atomic E-state index is 7.02. The predicted octanol–water partition coefficient (Wildman–Crippen LogP) is 9.63. The van der Waals surface area contributed by atoms with Gasteiger partial charge in [-0.25, -0.2) is 4.98 Å². The van der Waals surface area contributed by atoms with Gasteiger partial charge in [-0.3, -0.25) is 0 Å². The molecule has 0 bridgehead atoms. The number of hydrogen-bond donors (Lipinski definition) is 1. The fourth-order valence-electron chi connectivity index (χ4n) is 11.4. The lowest BCUT2D eigenvalue weighted by molar-refractivity contribution is -0.272. The highest BCUT2D eigenvalue weighted by Gasteiger charge is 2.68. The number of ether oxygens (including phenoxy) is 2. The Bertz CT molecular complexity index is 1610. The van der Waals surface area contributed by atoms with E-state index in [2.05, 4.69) is 81.6 Å². The lowest BCUT2D eigenvalue weighted by atomic mass is 9.47. The van der Waals surface area contributed by atoms with Crippen molar-refractivity contribution in [3.05, 3.63) is 59.1 Å². The van der Waals surface area contributed by atoms with Crippen LogP contribution in [0.4, 0.5) is 10.8 Å². The van der Waals surface area contributed by atoms with Crippen molar-refractivity contribution >= 4 is 38.5 Å². The van der Waals surface area contributed by atoms with Crippen LogP contribution >= 0.6 is 11.3 Å². The number of nitrogens with one attached hydrogen (secondary N) is 1. The molecule has 3 aromatic rings. The van der Waals surface area contributed by atoms with E-state index in [0.717, 1.165) is 48.0 Å². The molecule has 4 fully saturated rings. The summed E-state index contributed by atoms with van der Waals surface area (Å²) in [6, 6.07) is 15.1. The number of aryl methyl sites for hydroxylation is 1. The van der Waals surface area contributed by atoms with Gasteiger partial charge in [0.2, 0.25) is 0 Å². The number of hydrogen-bond acceptors (Lipinski definition) is 5. The first kappa shape index (κ1) is 27.1. The molecule has 226 valence electrons. The van der Waals surface area contributed by atoms with Crippen LogP contribution in [0.1, 0.15) is 83.2 Å². The van der Waals surface area contributed by atoms with Crippen molar-refractivity contribution in [2.24, 2.45) is 46.3 Å². The predicted molar refractivity (Wildman–Crippen MR) is 175 cm³/mol. The largest absolute Gasteiger partial charge is 0.349 e. The van der Waals surface area contributed by atoms with Crippen LogP contribution in [0, 0.1) is 46.3 Å². The zero-order chi connectivity index (χ0) is 29.1. The van der Waals surface area contributed by atoms with Crippen molar-refractivity contribution in [1.82, 2.24) is 4.98 Å². The minimum atomic E-state index is -0.317. The molecule has 1 spiro atoms. The monoisotopic (exact) mass is 594 g/mol. The SMILES string of the molecule is C[C@@H]1CC[C@@]2(OC1)O[C@H]1C[C@H]3[C@@H]4CC=C5c6sc(Nc7cccc8ccccc78)nc6CC[C@]5(C)[C@H]4CC[C@]3(C)[C@H]1[C@@H]2C. The van der Waals surface area contributed by atoms with Crippen molar-refractivity contribution in [2.45, 2.75) is 91.0 Å². The fourth-order valence-corrected chi connectivity index (χ4v) is 12.6. The number of aromatic nitrogens is 1. The Morgan fingerprint density at radius 2 is 1.84 bits per heavy atom. The van der Waals surface area contributed by atoms with Gasteiger partial charge < -0.3 is 14.8 Å². The van der Waals surface area contributed by atoms with Gasteiger partial charge >= 0.3 is 0 Å². The maximum atomic E-state index is 7.02. The van der Waals surface area contributed by atoms with E-state index in [1.54, 1.807) is 5.57 Å². The smallest absolute Gasteiger partial charge is 0.187 e. The van der Waals surface area contributed by atoms with Gasteiger partial charge in [-0.05, 0) is 102 Å². The highest BCUT2D eigenvalue weighted by molar-refractivity contribution is 7.16. The van der Waals surface area contributed by atoms with Gasteiger partial charge in [0.15, 0.2) is 10.9 Å². The van der Waals surface area contributed by atoms with Crippen LogP contribution in [0.25, 0.3) is 16.3 Å². The zero-order valence-electron chi connectivity index (χ0n) is 26.2. The minimum Gasteiger partial charge on any atom is -0.349 e. The number of thiazole rings is 1. The van der Waals surface area contributed by atoms with Gasteiger partial charge in [-0.1, -0.05) is 81.5 Å². The minimum absolute atomic E-state index is 0.245. The second-order valence-corrected chi connectivity index (χ2v) is 16.6. The van der Waals surface area contributed by atoms with Crippen LogP contribution in [0.2, 0.25) is 0 Å². The Hall–Kier alpha value is -2.21. The molecule has 1 aromatic heterocycles. The van der Waals surface area contributed by atoms with Crippen molar-refractivity contribution < 1.29 is 9.47 Å². The zero-order valence-corrected chi connectivity index (χ0v) is 27.0. The Balaban J connectivity index is 0.997. The molecule has 43 heavy (non-hydrogen) atoms. The van der Waals surface area contributed by atoms with E-state index in [4.69, 9.17) is 14.5 Å². The molecule has 6 aliphatic rings. The van der Waals surface area contributed by atoms with E-state index in [9.17, 15) is 0 Å². The number of nitrogens with zero attached hydrogens (tertiary/aromatic N) is 1. The average Bonchev–Trinajstić information content (AvgIpc) is 3.63. The van der Waals surface area contributed by atoms with E-state index in [0.29, 0.717) is 29.3 Å². The Kier molecular flexibility index (Phi) is 5.93. The van der Waals surface area contributed by atoms with Gasteiger partial charge in [0.1, 0.15) is 0 Å². The third-order valence-electron chi connectivity index (χ3n) is 13.6. The van der Waals surface area contributed by atoms with Crippen LogP contribution in [0.15, 0.2) is 48.5 Å². The van der Waals surface area contributed by atoms with Gasteiger partial charge in [-0.15, -0.1) is 0 Å². The lowest BCUT2D eigenvalue weighted by Gasteiger charge is -2.57. The van der Waals surface area contributed by atoms with Gasteiger partial charge in [-0.2, -0.15) is 0 Å². The quantitative estimate of drug-likeness (QED) is 0.321. The van der Waals surface area contributed by atoms with Gasteiger partial charge in [0.05, 0.1) is 23.3 Å². The summed E-state index contributed by atoms with van der Waals surface area (Å²) in [5.41, 5.74) is 4.67. The number of fused-ring (bicyclic) bond motifs is 10. The van der Waals surface area contributed by atoms with Crippen molar-refractivity contribution in [2.75, 3.05) is 11.9 Å². The van der Waals surface area contributed by atoms with Gasteiger partial charge in [0.25, 0.3) is 0 Å². The molecule has 0 radical (unpaired) electrons. The molecule has 4 nitrogen and oxygen atoms in total. The second-order valence-electron chi connectivity index (χ2n) is 15.6. The van der Waals surface area contributed by atoms with E-state index in [-0.39, 0.29) is 11.2 Å². The molecule has 1 N–H and O–H groups in total. The summed E-state index contributed by atoms with van der Waals surface area (Å²) >= 11 is 1.88. The standard InChI is InChI=1S/C38H46N2O2S/c1-22-14-19-38(41-21-22)23(2)33-32(42-38)20-29-26-12-13-28-34-31(16-18-36(28,3)27(26)15-17-37(29,33)4)40-35(43-34)39-30-11-7-9-24-8-5-6-10-25(24)30/h5-11,13,22-23,26-27,29,32-33H,12,14-21H2,1-4H3,(H,39,40)/t22-,23+,26-,27+,29+,32+,33+,36-,37+,38-/m1/s1. The van der Waals surface area contributed by atoms with Crippen LogP contribution in [0.3, 0.4) is 0 Å². The van der Waals surface area contributed by atoms with E-state index in [1.165, 1.54) is 59.9 Å². The summed E-state index contributed by atoms with van der Waals surface area (Å²) < 4.78 is 13.6. The first-order valence-corrected chi connectivity index (χ1v) is 17.9. The summed E-state index contributed by atoms with van der Waals surface area (Å²) in [5, 5.41) is 7.26. The van der Waals surface area contributed by atoms with Crippen LogP contribution < -0.4 is 5.32 Å². The molecule has 3 heterocycles. The van der Waals surface area contributed by atoms with Gasteiger partial charge in [0, 0.05) is 23.4 Å². The molecule has 2 aliphatic heterocycles. The van der Waals surface area contributed by atoms with E-state index < -0.39 is 0 Å². The number of anilines is 2. The number of rotatable bonds is 2. The van der Waals surface area contributed by atoms with Crippen molar-refractivity contribution in [3.63, 3.8) is 0 Å².